The second-order valence-electron chi connectivity index (χ2n) is 6.29. The third-order valence-corrected chi connectivity index (χ3v) is 4.59. The number of nitrogens with one attached hydrogen (secondary N) is 1. The van der Waals surface area contributed by atoms with E-state index in [1.54, 1.807) is 6.20 Å². The van der Waals surface area contributed by atoms with Gasteiger partial charge in [-0.15, -0.1) is 0 Å². The van der Waals surface area contributed by atoms with Crippen molar-refractivity contribution in [3.05, 3.63) is 53.5 Å². The summed E-state index contributed by atoms with van der Waals surface area (Å²) in [5.41, 5.74) is 1.51. The van der Waals surface area contributed by atoms with Gasteiger partial charge in [0.1, 0.15) is 5.82 Å². The normalized spacial score (nSPS) is 16.2. The quantitative estimate of drug-likeness (QED) is 0.915. The molecule has 1 fully saturated rings. The molecule has 134 valence electrons. The Morgan fingerprint density at radius 2 is 1.92 bits per heavy atom. The molecule has 0 spiro atoms. The topological polar surface area (TPSA) is 41.1 Å². The lowest BCUT2D eigenvalue weighted by Crippen LogP contribution is -2.42. The largest absolute Gasteiger partial charge is 0.417 e. The van der Waals surface area contributed by atoms with Gasteiger partial charge in [0.15, 0.2) is 0 Å². The Bertz CT molecular complexity index is 692. The summed E-state index contributed by atoms with van der Waals surface area (Å²) in [6, 6.07) is 6.94. The SMILES string of the molecule is Cc1ncccc1CNC1CCN(c2ccc(C(F)(F)F)cn2)CC1. The average molecular weight is 350 g/mol. The molecule has 1 aliphatic rings. The first kappa shape index (κ1) is 17.7. The standard InChI is InChI=1S/C18H21F3N4/c1-13-14(3-2-8-22-13)11-23-16-6-9-25(10-7-16)17-5-4-15(12-24-17)18(19,20)21/h2-5,8,12,16,23H,6-7,9-11H2,1H3. The van der Waals surface area contributed by atoms with Gasteiger partial charge in [-0.25, -0.2) is 4.98 Å². The number of rotatable bonds is 4. The van der Waals surface area contributed by atoms with Gasteiger partial charge in [0.05, 0.1) is 5.56 Å². The molecule has 0 saturated carbocycles. The van der Waals surface area contributed by atoms with Crippen molar-refractivity contribution in [2.24, 2.45) is 0 Å². The molecular weight excluding hydrogens is 329 g/mol. The van der Waals surface area contributed by atoms with Crippen LogP contribution in [-0.4, -0.2) is 29.1 Å². The zero-order valence-electron chi connectivity index (χ0n) is 14.1. The van der Waals surface area contributed by atoms with Gasteiger partial charge in [0, 0.05) is 43.8 Å². The van der Waals surface area contributed by atoms with Gasteiger partial charge in [-0.3, -0.25) is 4.98 Å². The molecule has 25 heavy (non-hydrogen) atoms. The summed E-state index contributed by atoms with van der Waals surface area (Å²) < 4.78 is 37.8. The molecule has 1 aliphatic heterocycles. The van der Waals surface area contributed by atoms with Crippen molar-refractivity contribution in [1.29, 1.82) is 0 Å². The van der Waals surface area contributed by atoms with Crippen LogP contribution in [0.1, 0.15) is 29.7 Å². The van der Waals surface area contributed by atoms with Gasteiger partial charge < -0.3 is 10.2 Å². The predicted molar refractivity (Wildman–Crippen MR) is 90.3 cm³/mol. The van der Waals surface area contributed by atoms with Crippen LogP contribution in [0.15, 0.2) is 36.7 Å². The van der Waals surface area contributed by atoms with E-state index in [0.29, 0.717) is 11.9 Å². The molecule has 1 N–H and O–H groups in total. The van der Waals surface area contributed by atoms with Gasteiger partial charge in [-0.05, 0) is 43.5 Å². The van der Waals surface area contributed by atoms with E-state index in [2.05, 4.69) is 21.4 Å². The summed E-state index contributed by atoms with van der Waals surface area (Å²) >= 11 is 0. The van der Waals surface area contributed by atoms with E-state index in [-0.39, 0.29) is 0 Å². The monoisotopic (exact) mass is 350 g/mol. The maximum Gasteiger partial charge on any atom is 0.417 e. The molecule has 0 unspecified atom stereocenters. The molecule has 7 heteroatoms. The molecule has 0 aliphatic carbocycles. The van der Waals surface area contributed by atoms with E-state index in [4.69, 9.17) is 0 Å². The van der Waals surface area contributed by atoms with Crippen molar-refractivity contribution in [1.82, 2.24) is 15.3 Å². The molecule has 1 saturated heterocycles. The maximum absolute atomic E-state index is 12.6. The van der Waals surface area contributed by atoms with Crippen LogP contribution < -0.4 is 10.2 Å². The molecule has 0 bridgehead atoms. The van der Waals surface area contributed by atoms with E-state index >= 15 is 0 Å². The van der Waals surface area contributed by atoms with Crippen molar-refractivity contribution in [3.63, 3.8) is 0 Å². The number of alkyl halides is 3. The number of hydrogen-bond donors (Lipinski definition) is 1. The molecular formula is C18H21F3N4. The average Bonchev–Trinajstić information content (AvgIpc) is 2.61. The number of piperidine rings is 1. The number of halogens is 3. The Hall–Kier alpha value is -2.15. The minimum Gasteiger partial charge on any atom is -0.357 e. The second-order valence-corrected chi connectivity index (χ2v) is 6.29. The number of pyridine rings is 2. The molecule has 3 heterocycles. The van der Waals surface area contributed by atoms with Gasteiger partial charge in [0.25, 0.3) is 0 Å². The summed E-state index contributed by atoms with van der Waals surface area (Å²) in [6.45, 7) is 4.34. The van der Waals surface area contributed by atoms with Crippen molar-refractivity contribution < 1.29 is 13.2 Å². The van der Waals surface area contributed by atoms with E-state index in [1.807, 2.05) is 17.9 Å². The second kappa shape index (κ2) is 7.39. The van der Waals surface area contributed by atoms with Crippen LogP contribution in [0, 0.1) is 6.92 Å². The molecule has 3 rings (SSSR count). The Morgan fingerprint density at radius 3 is 2.52 bits per heavy atom. The van der Waals surface area contributed by atoms with E-state index in [1.165, 1.54) is 11.6 Å². The molecule has 0 aromatic carbocycles. The Morgan fingerprint density at radius 1 is 1.16 bits per heavy atom. The van der Waals surface area contributed by atoms with Gasteiger partial charge in [0.2, 0.25) is 0 Å². The summed E-state index contributed by atoms with van der Waals surface area (Å²) in [5.74, 6) is 0.606. The zero-order chi connectivity index (χ0) is 17.9. The molecule has 0 amide bonds. The van der Waals surface area contributed by atoms with Crippen LogP contribution in [0.3, 0.4) is 0 Å². The zero-order valence-corrected chi connectivity index (χ0v) is 14.1. The molecule has 0 atom stereocenters. The van der Waals surface area contributed by atoms with Crippen molar-refractivity contribution in [3.8, 4) is 0 Å². The third kappa shape index (κ3) is 4.48. The number of anilines is 1. The van der Waals surface area contributed by atoms with Gasteiger partial charge in [-0.1, -0.05) is 6.07 Å². The highest BCUT2D eigenvalue weighted by atomic mass is 19.4. The first-order valence-electron chi connectivity index (χ1n) is 8.35. The lowest BCUT2D eigenvalue weighted by Gasteiger charge is -2.33. The third-order valence-electron chi connectivity index (χ3n) is 4.59. The summed E-state index contributed by atoms with van der Waals surface area (Å²) in [4.78, 5) is 10.3. The van der Waals surface area contributed by atoms with E-state index in [9.17, 15) is 13.2 Å². The minimum absolute atomic E-state index is 0.394. The Balaban J connectivity index is 1.51. The highest BCUT2D eigenvalue weighted by Gasteiger charge is 2.31. The lowest BCUT2D eigenvalue weighted by atomic mass is 10.0. The highest BCUT2D eigenvalue weighted by molar-refractivity contribution is 5.40. The maximum atomic E-state index is 12.6. The van der Waals surface area contributed by atoms with Gasteiger partial charge in [-0.2, -0.15) is 13.2 Å². The molecule has 2 aromatic heterocycles. The van der Waals surface area contributed by atoms with E-state index < -0.39 is 11.7 Å². The first-order valence-corrected chi connectivity index (χ1v) is 8.35. The summed E-state index contributed by atoms with van der Waals surface area (Å²) in [5, 5.41) is 3.54. The van der Waals surface area contributed by atoms with Crippen molar-refractivity contribution in [2.45, 2.75) is 38.5 Å². The highest BCUT2D eigenvalue weighted by Crippen LogP contribution is 2.29. The van der Waals surface area contributed by atoms with Crippen molar-refractivity contribution in [2.75, 3.05) is 18.0 Å². The van der Waals surface area contributed by atoms with Gasteiger partial charge >= 0.3 is 6.18 Å². The van der Waals surface area contributed by atoms with E-state index in [0.717, 1.165) is 50.4 Å². The van der Waals surface area contributed by atoms with Crippen LogP contribution in [0.5, 0.6) is 0 Å². The summed E-state index contributed by atoms with van der Waals surface area (Å²) in [7, 11) is 0. The molecule has 4 nitrogen and oxygen atoms in total. The van der Waals surface area contributed by atoms with Crippen LogP contribution >= 0.6 is 0 Å². The number of nitrogens with zero attached hydrogens (tertiary/aromatic N) is 3. The Kier molecular flexibility index (Phi) is 5.22. The fourth-order valence-corrected chi connectivity index (χ4v) is 3.01. The predicted octanol–water partition coefficient (Wildman–Crippen LogP) is 3.56. The smallest absolute Gasteiger partial charge is 0.357 e. The van der Waals surface area contributed by atoms with Crippen LogP contribution in [0.25, 0.3) is 0 Å². The number of aryl methyl sites for hydroxylation is 1. The molecule has 0 radical (unpaired) electrons. The fourth-order valence-electron chi connectivity index (χ4n) is 3.01. The van der Waals surface area contributed by atoms with Crippen LogP contribution in [0.4, 0.5) is 19.0 Å². The molecule has 2 aromatic rings. The number of aromatic nitrogens is 2. The Labute approximate surface area is 145 Å². The fraction of sp³-hybridized carbons (Fsp3) is 0.444. The van der Waals surface area contributed by atoms with Crippen LogP contribution in [-0.2, 0) is 12.7 Å². The minimum atomic E-state index is -4.34. The lowest BCUT2D eigenvalue weighted by molar-refractivity contribution is -0.137. The van der Waals surface area contributed by atoms with Crippen molar-refractivity contribution >= 4 is 5.82 Å². The summed E-state index contributed by atoms with van der Waals surface area (Å²) in [6.07, 6.45) is 0.218. The first-order chi connectivity index (χ1) is 11.9. The van der Waals surface area contributed by atoms with Crippen LogP contribution in [0.2, 0.25) is 0 Å². The number of hydrogen-bond acceptors (Lipinski definition) is 4.